The average Bonchev–Trinajstić information content (AvgIpc) is 2.73. The van der Waals surface area contributed by atoms with E-state index in [-0.39, 0.29) is 23.0 Å². The van der Waals surface area contributed by atoms with Gasteiger partial charge in [0.15, 0.2) is 0 Å². The second kappa shape index (κ2) is 7.92. The molecule has 1 aromatic carbocycles. The standard InChI is InChI=1S/C26H33NO4/c1-17(2)18-6-12-22-19(16-18)7-13-23-25(22,3)14-5-15-26(23,4)24(28)31-21-10-8-20(9-11-21)27(29)30/h7-11,16-17,22-23H,5-6,12-15H2,1-4H3/t22-,23+,25+,26+/m0/s1. The Kier molecular flexibility index (Phi) is 5.57. The molecule has 0 amide bonds. The molecule has 0 radical (unpaired) electrons. The second-order valence-electron chi connectivity index (χ2n) is 10.4. The van der Waals surface area contributed by atoms with Gasteiger partial charge >= 0.3 is 5.97 Å². The van der Waals surface area contributed by atoms with Gasteiger partial charge in [-0.3, -0.25) is 14.9 Å². The number of hydrogen-bond acceptors (Lipinski definition) is 4. The molecular weight excluding hydrogens is 390 g/mol. The first-order valence-corrected chi connectivity index (χ1v) is 11.5. The van der Waals surface area contributed by atoms with E-state index >= 15 is 0 Å². The van der Waals surface area contributed by atoms with E-state index in [0.717, 1.165) is 38.5 Å². The van der Waals surface area contributed by atoms with Gasteiger partial charge in [0.2, 0.25) is 0 Å². The minimum Gasteiger partial charge on any atom is -0.426 e. The summed E-state index contributed by atoms with van der Waals surface area (Å²) in [4.78, 5) is 23.9. The summed E-state index contributed by atoms with van der Waals surface area (Å²) in [6.45, 7) is 9.00. The number of carbonyl (C=O) groups is 1. The van der Waals surface area contributed by atoms with Crippen LogP contribution in [-0.4, -0.2) is 10.9 Å². The second-order valence-corrected chi connectivity index (χ2v) is 10.4. The fourth-order valence-electron chi connectivity index (χ4n) is 6.45. The molecule has 0 heterocycles. The molecule has 5 heteroatoms. The van der Waals surface area contributed by atoms with Crippen molar-refractivity contribution in [2.45, 2.75) is 66.2 Å². The Labute approximate surface area is 184 Å². The highest BCUT2D eigenvalue weighted by Crippen LogP contribution is 2.62. The molecule has 31 heavy (non-hydrogen) atoms. The SMILES string of the molecule is CC(C)C1=CC2=CC[C@@H]3[C@](C)(CCC[C@@]3(C)C(=O)Oc3ccc([N+](=O)[O-])cc3)[C@H]2CC1. The van der Waals surface area contributed by atoms with Gasteiger partial charge in [-0.25, -0.2) is 0 Å². The third-order valence-corrected chi connectivity index (χ3v) is 8.30. The van der Waals surface area contributed by atoms with E-state index in [1.54, 1.807) is 5.57 Å². The summed E-state index contributed by atoms with van der Waals surface area (Å²) in [5, 5.41) is 10.9. The van der Waals surface area contributed by atoms with Crippen LogP contribution < -0.4 is 4.74 Å². The molecule has 0 unspecified atom stereocenters. The summed E-state index contributed by atoms with van der Waals surface area (Å²) < 4.78 is 5.78. The van der Waals surface area contributed by atoms with Crippen molar-refractivity contribution in [2.75, 3.05) is 0 Å². The molecule has 0 N–H and O–H groups in total. The summed E-state index contributed by atoms with van der Waals surface area (Å²) in [6, 6.07) is 5.79. The smallest absolute Gasteiger partial charge is 0.317 e. The zero-order valence-electron chi connectivity index (χ0n) is 19.0. The van der Waals surface area contributed by atoms with Gasteiger partial charge in [-0.05, 0) is 79.9 Å². The molecule has 4 atom stereocenters. The minimum atomic E-state index is -0.557. The third-order valence-electron chi connectivity index (χ3n) is 8.30. The van der Waals surface area contributed by atoms with Crippen molar-refractivity contribution >= 4 is 11.7 Å². The molecule has 1 saturated carbocycles. The van der Waals surface area contributed by atoms with Gasteiger partial charge < -0.3 is 4.74 Å². The number of ether oxygens (including phenoxy) is 1. The van der Waals surface area contributed by atoms with Gasteiger partial charge in [0.05, 0.1) is 10.3 Å². The van der Waals surface area contributed by atoms with Crippen LogP contribution in [0, 0.1) is 38.7 Å². The highest BCUT2D eigenvalue weighted by molar-refractivity contribution is 5.79. The number of rotatable bonds is 4. The van der Waals surface area contributed by atoms with Crippen LogP contribution in [0.5, 0.6) is 5.75 Å². The first-order valence-electron chi connectivity index (χ1n) is 11.5. The number of nitrogens with zero attached hydrogens (tertiary/aromatic N) is 1. The largest absolute Gasteiger partial charge is 0.426 e. The number of allylic oxidation sites excluding steroid dienone is 4. The first-order chi connectivity index (χ1) is 14.6. The van der Waals surface area contributed by atoms with Crippen molar-refractivity contribution in [3.63, 3.8) is 0 Å². The fraction of sp³-hybridized carbons (Fsp3) is 0.577. The molecule has 0 aliphatic heterocycles. The Hall–Kier alpha value is -2.43. The Morgan fingerprint density at radius 1 is 1.19 bits per heavy atom. The number of hydrogen-bond donors (Lipinski definition) is 0. The van der Waals surface area contributed by atoms with Gasteiger partial charge in [-0.2, -0.15) is 0 Å². The van der Waals surface area contributed by atoms with Gasteiger partial charge in [0, 0.05) is 12.1 Å². The summed E-state index contributed by atoms with van der Waals surface area (Å²) in [5.74, 6) is 1.49. The molecule has 3 aliphatic rings. The zero-order valence-corrected chi connectivity index (χ0v) is 19.0. The highest BCUT2D eigenvalue weighted by atomic mass is 16.6. The molecule has 1 fully saturated rings. The van der Waals surface area contributed by atoms with E-state index in [1.807, 2.05) is 0 Å². The van der Waals surface area contributed by atoms with Crippen molar-refractivity contribution < 1.29 is 14.5 Å². The van der Waals surface area contributed by atoms with Crippen LogP contribution in [0.3, 0.4) is 0 Å². The maximum atomic E-state index is 13.4. The van der Waals surface area contributed by atoms with Gasteiger partial charge in [-0.1, -0.05) is 44.9 Å². The monoisotopic (exact) mass is 423 g/mol. The van der Waals surface area contributed by atoms with E-state index < -0.39 is 10.3 Å². The highest BCUT2D eigenvalue weighted by Gasteiger charge is 2.57. The van der Waals surface area contributed by atoms with Crippen molar-refractivity contribution in [3.8, 4) is 5.75 Å². The number of fused-ring (bicyclic) bond motifs is 3. The van der Waals surface area contributed by atoms with E-state index in [9.17, 15) is 14.9 Å². The summed E-state index contributed by atoms with van der Waals surface area (Å²) in [5.41, 5.74) is 2.54. The lowest BCUT2D eigenvalue weighted by molar-refractivity contribution is -0.384. The van der Waals surface area contributed by atoms with Crippen LogP contribution in [0.4, 0.5) is 5.69 Å². The fourth-order valence-corrected chi connectivity index (χ4v) is 6.45. The van der Waals surface area contributed by atoms with Crippen LogP contribution in [0.25, 0.3) is 0 Å². The van der Waals surface area contributed by atoms with Crippen LogP contribution in [0.15, 0.2) is 47.6 Å². The number of nitro groups is 1. The van der Waals surface area contributed by atoms with Gasteiger partial charge in [0.1, 0.15) is 5.75 Å². The Bertz CT molecular complexity index is 945. The van der Waals surface area contributed by atoms with Crippen LogP contribution in [0.2, 0.25) is 0 Å². The molecule has 3 aliphatic carbocycles. The summed E-state index contributed by atoms with van der Waals surface area (Å²) >= 11 is 0. The maximum absolute atomic E-state index is 13.4. The van der Waals surface area contributed by atoms with Gasteiger partial charge in [-0.15, -0.1) is 0 Å². The van der Waals surface area contributed by atoms with E-state index in [1.165, 1.54) is 29.8 Å². The molecule has 0 bridgehead atoms. The van der Waals surface area contributed by atoms with Crippen molar-refractivity contribution in [1.29, 1.82) is 0 Å². The van der Waals surface area contributed by atoms with Crippen molar-refractivity contribution in [3.05, 3.63) is 57.7 Å². The summed E-state index contributed by atoms with van der Waals surface area (Å²) in [7, 11) is 0. The van der Waals surface area contributed by atoms with Crippen molar-refractivity contribution in [2.24, 2.45) is 28.6 Å². The van der Waals surface area contributed by atoms with Gasteiger partial charge in [0.25, 0.3) is 5.69 Å². The normalized spacial score (nSPS) is 32.4. The number of carbonyl (C=O) groups excluding carboxylic acids is 1. The molecule has 0 saturated heterocycles. The molecular formula is C26H33NO4. The molecule has 0 spiro atoms. The van der Waals surface area contributed by atoms with Crippen molar-refractivity contribution in [1.82, 2.24) is 0 Å². The number of benzene rings is 1. The number of esters is 1. The van der Waals surface area contributed by atoms with E-state index in [2.05, 4.69) is 39.8 Å². The van der Waals surface area contributed by atoms with E-state index in [4.69, 9.17) is 4.74 Å². The number of non-ortho nitro benzene ring substituents is 1. The third kappa shape index (κ3) is 3.72. The molecule has 5 nitrogen and oxygen atoms in total. The van der Waals surface area contributed by atoms with E-state index in [0.29, 0.717) is 17.6 Å². The quantitative estimate of drug-likeness (QED) is 0.236. The minimum absolute atomic E-state index is 0.00711. The lowest BCUT2D eigenvalue weighted by atomic mass is 9.47. The predicted octanol–water partition coefficient (Wildman–Crippen LogP) is 6.64. The molecule has 4 rings (SSSR count). The zero-order chi connectivity index (χ0) is 22.4. The Morgan fingerprint density at radius 2 is 1.90 bits per heavy atom. The van der Waals surface area contributed by atoms with Crippen LogP contribution >= 0.6 is 0 Å². The average molecular weight is 424 g/mol. The summed E-state index contributed by atoms with van der Waals surface area (Å²) in [6.07, 6.45) is 11.0. The van der Waals surface area contributed by atoms with Crippen LogP contribution in [-0.2, 0) is 4.79 Å². The Balaban J connectivity index is 1.59. The lowest BCUT2D eigenvalue weighted by Crippen LogP contribution is -2.54. The molecule has 1 aromatic rings. The Morgan fingerprint density at radius 3 is 2.55 bits per heavy atom. The maximum Gasteiger partial charge on any atom is 0.317 e. The predicted molar refractivity (Wildman–Crippen MR) is 121 cm³/mol. The first kappa shape index (κ1) is 21.8. The number of nitro benzene ring substituents is 1. The molecule has 0 aromatic heterocycles. The topological polar surface area (TPSA) is 69.4 Å². The van der Waals surface area contributed by atoms with Crippen LogP contribution in [0.1, 0.15) is 66.2 Å². The molecule has 166 valence electrons. The lowest BCUT2D eigenvalue weighted by Gasteiger charge is -2.57.